The van der Waals surface area contributed by atoms with Crippen molar-refractivity contribution in [1.29, 1.82) is 0 Å². The highest BCUT2D eigenvalue weighted by Gasteiger charge is 2.29. The van der Waals surface area contributed by atoms with Gasteiger partial charge in [-0.1, -0.05) is 11.6 Å². The molecule has 1 aromatic heterocycles. The van der Waals surface area contributed by atoms with Crippen LogP contribution in [0.2, 0.25) is 5.02 Å². The zero-order valence-corrected chi connectivity index (χ0v) is 8.21. The molecule has 2 aromatic rings. The average Bonchev–Trinajstić information content (AvgIpc) is 2.87. The quantitative estimate of drug-likeness (QED) is 0.733. The van der Waals surface area contributed by atoms with Crippen LogP contribution in [-0.2, 0) is 0 Å². The van der Waals surface area contributed by atoms with E-state index < -0.39 is 0 Å². The number of anilines is 1. The third kappa shape index (κ3) is 1.16. The fourth-order valence-corrected chi connectivity index (χ4v) is 1.77. The lowest BCUT2D eigenvalue weighted by molar-refractivity contribution is 0.534. The van der Waals surface area contributed by atoms with Crippen LogP contribution < -0.4 is 5.73 Å². The maximum Gasteiger partial charge on any atom is 0.198 e. The molecule has 14 heavy (non-hydrogen) atoms. The molecule has 0 bridgehead atoms. The first-order valence-corrected chi connectivity index (χ1v) is 4.97. The van der Waals surface area contributed by atoms with Crippen molar-refractivity contribution in [2.45, 2.75) is 18.8 Å². The number of benzene rings is 1. The number of fused-ring (bicyclic) bond motifs is 1. The standard InChI is InChI=1S/C10H9ClN2O/c11-6-3-7(12)9-8(4-6)13-10(14-9)5-1-2-5/h3-5H,1-2,12H2. The number of halogens is 1. The Kier molecular flexibility index (Phi) is 1.53. The molecule has 0 aliphatic heterocycles. The maximum absolute atomic E-state index is 5.87. The highest BCUT2D eigenvalue weighted by molar-refractivity contribution is 6.31. The fraction of sp³-hybridized carbons (Fsp3) is 0.300. The van der Waals surface area contributed by atoms with Crippen LogP contribution in [0.5, 0.6) is 0 Å². The van der Waals surface area contributed by atoms with E-state index in [-0.39, 0.29) is 0 Å². The average molecular weight is 209 g/mol. The van der Waals surface area contributed by atoms with Crippen LogP contribution in [0.25, 0.3) is 11.1 Å². The Balaban J connectivity index is 2.26. The lowest BCUT2D eigenvalue weighted by atomic mass is 10.3. The topological polar surface area (TPSA) is 52.0 Å². The number of rotatable bonds is 1. The molecule has 1 fully saturated rings. The molecule has 1 aliphatic rings. The Bertz CT molecular complexity index is 502. The van der Waals surface area contributed by atoms with E-state index in [2.05, 4.69) is 4.98 Å². The van der Waals surface area contributed by atoms with Crippen LogP contribution in [0.4, 0.5) is 5.69 Å². The predicted octanol–water partition coefficient (Wildman–Crippen LogP) is 2.94. The first-order chi connectivity index (χ1) is 6.74. The van der Waals surface area contributed by atoms with Gasteiger partial charge in [-0.05, 0) is 25.0 Å². The molecule has 1 saturated carbocycles. The van der Waals surface area contributed by atoms with Gasteiger partial charge in [0.2, 0.25) is 0 Å². The number of hydrogen-bond donors (Lipinski definition) is 1. The SMILES string of the molecule is Nc1cc(Cl)cc2nc(C3CC3)oc12. The van der Waals surface area contributed by atoms with Crippen LogP contribution in [0.1, 0.15) is 24.7 Å². The van der Waals surface area contributed by atoms with E-state index in [1.54, 1.807) is 12.1 Å². The van der Waals surface area contributed by atoms with E-state index in [0.29, 0.717) is 22.2 Å². The normalized spacial score (nSPS) is 16.4. The summed E-state index contributed by atoms with van der Waals surface area (Å²) in [6, 6.07) is 3.47. The van der Waals surface area contributed by atoms with E-state index >= 15 is 0 Å². The van der Waals surface area contributed by atoms with Crippen molar-refractivity contribution < 1.29 is 4.42 Å². The number of oxazole rings is 1. The van der Waals surface area contributed by atoms with Crippen molar-refractivity contribution in [1.82, 2.24) is 4.98 Å². The molecule has 3 nitrogen and oxygen atoms in total. The Morgan fingerprint density at radius 2 is 2.21 bits per heavy atom. The molecular weight excluding hydrogens is 200 g/mol. The molecule has 72 valence electrons. The zero-order valence-electron chi connectivity index (χ0n) is 7.46. The lowest BCUT2D eigenvalue weighted by Gasteiger charge is -1.93. The third-order valence-corrected chi connectivity index (χ3v) is 2.64. The molecule has 0 spiro atoms. The number of nitrogens with zero attached hydrogens (tertiary/aromatic N) is 1. The number of nitrogens with two attached hydrogens (primary N) is 1. The Morgan fingerprint density at radius 3 is 2.93 bits per heavy atom. The van der Waals surface area contributed by atoms with Crippen molar-refractivity contribution in [3.05, 3.63) is 23.0 Å². The van der Waals surface area contributed by atoms with Gasteiger partial charge in [-0.2, -0.15) is 0 Å². The number of hydrogen-bond acceptors (Lipinski definition) is 3. The Labute approximate surface area is 85.9 Å². The van der Waals surface area contributed by atoms with Crippen LogP contribution in [0, 0.1) is 0 Å². The molecule has 0 amide bonds. The second-order valence-corrected chi connectivity index (χ2v) is 4.11. The van der Waals surface area contributed by atoms with Gasteiger partial charge in [0.05, 0.1) is 5.69 Å². The van der Waals surface area contributed by atoms with Gasteiger partial charge >= 0.3 is 0 Å². The van der Waals surface area contributed by atoms with Crippen LogP contribution in [0.15, 0.2) is 16.5 Å². The van der Waals surface area contributed by atoms with Gasteiger partial charge in [0.1, 0.15) is 5.52 Å². The van der Waals surface area contributed by atoms with E-state index in [1.807, 2.05) is 0 Å². The van der Waals surface area contributed by atoms with Gasteiger partial charge in [0.25, 0.3) is 0 Å². The summed E-state index contributed by atoms with van der Waals surface area (Å²) in [6.07, 6.45) is 2.33. The molecule has 1 aliphatic carbocycles. The van der Waals surface area contributed by atoms with E-state index in [1.165, 1.54) is 12.8 Å². The van der Waals surface area contributed by atoms with E-state index in [0.717, 1.165) is 11.4 Å². The molecule has 0 saturated heterocycles. The molecule has 3 rings (SSSR count). The summed E-state index contributed by atoms with van der Waals surface area (Å²) in [5.74, 6) is 1.30. The largest absolute Gasteiger partial charge is 0.438 e. The smallest absolute Gasteiger partial charge is 0.198 e. The van der Waals surface area contributed by atoms with Crippen molar-refractivity contribution in [2.75, 3.05) is 5.73 Å². The third-order valence-electron chi connectivity index (χ3n) is 2.43. The molecule has 0 atom stereocenters. The second-order valence-electron chi connectivity index (χ2n) is 3.67. The first-order valence-electron chi connectivity index (χ1n) is 4.59. The summed E-state index contributed by atoms with van der Waals surface area (Å²) >= 11 is 5.87. The van der Waals surface area contributed by atoms with Gasteiger partial charge < -0.3 is 10.2 Å². The van der Waals surface area contributed by atoms with E-state index in [4.69, 9.17) is 21.8 Å². The summed E-state index contributed by atoms with van der Waals surface area (Å²) in [5.41, 5.74) is 7.76. The summed E-state index contributed by atoms with van der Waals surface area (Å²) in [6.45, 7) is 0. The summed E-state index contributed by atoms with van der Waals surface area (Å²) in [5, 5.41) is 0.602. The predicted molar refractivity (Wildman–Crippen MR) is 55.4 cm³/mol. The minimum Gasteiger partial charge on any atom is -0.438 e. The van der Waals surface area contributed by atoms with Gasteiger partial charge in [-0.25, -0.2) is 4.98 Å². The highest BCUT2D eigenvalue weighted by Crippen LogP contribution is 2.41. The monoisotopic (exact) mass is 208 g/mol. The fourth-order valence-electron chi connectivity index (χ4n) is 1.55. The number of aromatic nitrogens is 1. The zero-order chi connectivity index (χ0) is 9.71. The molecule has 0 radical (unpaired) electrons. The van der Waals surface area contributed by atoms with Crippen molar-refractivity contribution in [3.8, 4) is 0 Å². The molecule has 1 heterocycles. The minimum absolute atomic E-state index is 0.501. The maximum atomic E-state index is 5.87. The second kappa shape index (κ2) is 2.64. The molecular formula is C10H9ClN2O. The van der Waals surface area contributed by atoms with Gasteiger partial charge in [0, 0.05) is 10.9 Å². The lowest BCUT2D eigenvalue weighted by Crippen LogP contribution is -1.84. The van der Waals surface area contributed by atoms with E-state index in [9.17, 15) is 0 Å². The van der Waals surface area contributed by atoms with Gasteiger partial charge in [0.15, 0.2) is 11.5 Å². The molecule has 0 unspecified atom stereocenters. The van der Waals surface area contributed by atoms with Crippen molar-refractivity contribution >= 4 is 28.4 Å². The molecule has 4 heteroatoms. The van der Waals surface area contributed by atoms with Crippen molar-refractivity contribution in [2.24, 2.45) is 0 Å². The minimum atomic E-state index is 0.501. The molecule has 2 N–H and O–H groups in total. The van der Waals surface area contributed by atoms with Gasteiger partial charge in [-0.3, -0.25) is 0 Å². The summed E-state index contributed by atoms with van der Waals surface area (Å²) in [4.78, 5) is 4.37. The summed E-state index contributed by atoms with van der Waals surface area (Å²) in [7, 11) is 0. The highest BCUT2D eigenvalue weighted by atomic mass is 35.5. The van der Waals surface area contributed by atoms with Gasteiger partial charge in [-0.15, -0.1) is 0 Å². The molecule has 1 aromatic carbocycles. The van der Waals surface area contributed by atoms with Crippen LogP contribution in [0.3, 0.4) is 0 Å². The number of nitrogen functional groups attached to an aromatic ring is 1. The van der Waals surface area contributed by atoms with Crippen molar-refractivity contribution in [3.63, 3.8) is 0 Å². The van der Waals surface area contributed by atoms with Crippen LogP contribution in [-0.4, -0.2) is 4.98 Å². The summed E-state index contributed by atoms with van der Waals surface area (Å²) < 4.78 is 5.58. The Hall–Kier alpha value is -1.22. The van der Waals surface area contributed by atoms with Crippen LogP contribution >= 0.6 is 11.6 Å². The Morgan fingerprint density at radius 1 is 1.43 bits per heavy atom. The first kappa shape index (κ1) is 8.12.